The Morgan fingerprint density at radius 2 is 1.84 bits per heavy atom. The van der Waals surface area contributed by atoms with Gasteiger partial charge in [-0.25, -0.2) is 18.2 Å². The highest BCUT2D eigenvalue weighted by molar-refractivity contribution is 6.33. The lowest BCUT2D eigenvalue weighted by Crippen LogP contribution is -2.46. The second kappa shape index (κ2) is 13.8. The maximum absolute atomic E-state index is 15.8. The van der Waals surface area contributed by atoms with Gasteiger partial charge in [0, 0.05) is 62.2 Å². The summed E-state index contributed by atoms with van der Waals surface area (Å²) in [5.41, 5.74) is 2.07. The number of benzene rings is 2. The van der Waals surface area contributed by atoms with E-state index < -0.39 is 35.9 Å². The zero-order valence-corrected chi connectivity index (χ0v) is 32.1. The van der Waals surface area contributed by atoms with Crippen molar-refractivity contribution in [3.63, 3.8) is 0 Å². The molecule has 3 aliphatic heterocycles. The summed E-state index contributed by atoms with van der Waals surface area (Å²) in [5, 5.41) is 18.0. The molecule has 2 amide bonds. The van der Waals surface area contributed by atoms with E-state index in [0.29, 0.717) is 49.4 Å². The number of rotatable bonds is 7. The van der Waals surface area contributed by atoms with Gasteiger partial charge in [0.2, 0.25) is 23.5 Å². The summed E-state index contributed by atoms with van der Waals surface area (Å²) in [4.78, 5) is 48.7. The number of halogens is 4. The Kier molecular flexibility index (Phi) is 8.97. The molecule has 6 heterocycles. The summed E-state index contributed by atoms with van der Waals surface area (Å²) in [6.45, 7) is 2.40. The van der Waals surface area contributed by atoms with Crippen LogP contribution in [-0.4, -0.2) is 73.8 Å². The molecule has 5 aromatic rings. The Morgan fingerprint density at radius 3 is 2.60 bits per heavy atom. The van der Waals surface area contributed by atoms with E-state index in [2.05, 4.69) is 43.3 Å². The van der Waals surface area contributed by atoms with Gasteiger partial charge in [0.25, 0.3) is 5.56 Å². The zero-order valence-electron chi connectivity index (χ0n) is 31.3. The molecule has 4 unspecified atom stereocenters. The van der Waals surface area contributed by atoms with Gasteiger partial charge in [0.15, 0.2) is 12.4 Å². The molecule has 3 fully saturated rings. The number of aromatic nitrogens is 5. The van der Waals surface area contributed by atoms with Crippen molar-refractivity contribution in [1.82, 2.24) is 29.6 Å². The van der Waals surface area contributed by atoms with E-state index in [1.54, 1.807) is 4.68 Å². The monoisotopic (exact) mass is 804 g/mol. The minimum absolute atomic E-state index is 0.0263. The van der Waals surface area contributed by atoms with Gasteiger partial charge >= 0.3 is 5.92 Å². The third-order valence-electron chi connectivity index (χ3n) is 11.7. The van der Waals surface area contributed by atoms with Crippen LogP contribution < -0.4 is 36.5 Å². The number of alkyl halides is 2. The number of anilines is 5. The fraction of sp³-hybridized carbons (Fsp3) is 0.436. The molecule has 0 spiro atoms. The number of carbonyl (C=O) groups excluding carboxylic acids is 2. The first-order valence-electron chi connectivity index (χ1n) is 19.0. The van der Waals surface area contributed by atoms with Crippen molar-refractivity contribution >= 4 is 74.0 Å². The van der Waals surface area contributed by atoms with Crippen LogP contribution in [0.2, 0.25) is 5.02 Å². The molecule has 9 rings (SSSR count). The van der Waals surface area contributed by atoms with E-state index in [4.69, 9.17) is 16.3 Å². The number of piperidine rings is 2. The molecule has 1 saturated carbocycles. The summed E-state index contributed by atoms with van der Waals surface area (Å²) < 4.78 is 54.4. The Morgan fingerprint density at radius 1 is 1.04 bits per heavy atom. The van der Waals surface area contributed by atoms with Crippen molar-refractivity contribution in [2.45, 2.75) is 63.0 Å². The van der Waals surface area contributed by atoms with Gasteiger partial charge in [0.05, 0.1) is 46.3 Å². The number of imide groups is 1. The molecular formula is C39H40ClF3N10O4. The van der Waals surface area contributed by atoms with Crippen LogP contribution in [0.3, 0.4) is 0 Å². The van der Waals surface area contributed by atoms with Crippen LogP contribution in [0.15, 0.2) is 41.3 Å². The summed E-state index contributed by atoms with van der Waals surface area (Å²) in [7, 11) is 3.28. The van der Waals surface area contributed by atoms with Gasteiger partial charge in [-0.1, -0.05) is 18.5 Å². The number of ether oxygens (including phenoxy) is 1. The third kappa shape index (κ3) is 6.64. The van der Waals surface area contributed by atoms with Crippen molar-refractivity contribution in [2.24, 2.45) is 25.9 Å². The first-order chi connectivity index (χ1) is 27.3. The molecule has 4 aliphatic rings. The van der Waals surface area contributed by atoms with Crippen LogP contribution >= 0.6 is 11.6 Å². The normalized spacial score (nSPS) is 23.4. The van der Waals surface area contributed by atoms with Crippen LogP contribution in [0.4, 0.5) is 42.0 Å². The highest BCUT2D eigenvalue weighted by Gasteiger charge is 2.51. The topological polar surface area (TPSA) is 160 Å². The Balaban J connectivity index is 0.928. The molecule has 2 saturated heterocycles. The Labute approximate surface area is 329 Å². The molecule has 2 aromatic carbocycles. The molecular weight excluding hydrogens is 765 g/mol. The molecule has 1 aliphatic carbocycles. The van der Waals surface area contributed by atoms with Crippen molar-refractivity contribution in [3.8, 4) is 5.75 Å². The van der Waals surface area contributed by atoms with E-state index in [-0.39, 0.29) is 69.6 Å². The van der Waals surface area contributed by atoms with Gasteiger partial charge in [0.1, 0.15) is 10.8 Å². The van der Waals surface area contributed by atoms with E-state index in [9.17, 15) is 14.4 Å². The number of hydrogen-bond acceptors (Lipinski definition) is 11. The van der Waals surface area contributed by atoms with Crippen LogP contribution in [0.25, 0.3) is 21.8 Å². The molecule has 4 atom stereocenters. The van der Waals surface area contributed by atoms with Gasteiger partial charge in [-0.2, -0.15) is 10.1 Å². The Bertz CT molecular complexity index is 2540. The van der Waals surface area contributed by atoms with Crippen LogP contribution in [0.1, 0.15) is 50.6 Å². The number of aryl methyl sites for hydroxylation is 2. The SMILES string of the molecule is CC1CN(c2ncc(Cl)c(Nc3cc4c5c(c(=O)n(C)c4cc3F)OCC(F)(F)C(C3CC3)N5)n2)CCC1Nc1ccc2c(C3CCC(=O)NC3=O)nn(C)c2c1. The predicted octanol–water partition coefficient (Wildman–Crippen LogP) is 5.82. The minimum Gasteiger partial charge on any atom is -0.480 e. The van der Waals surface area contributed by atoms with Gasteiger partial charge in [-0.3, -0.25) is 24.4 Å². The average Bonchev–Trinajstić information content (AvgIpc) is 3.98. The highest BCUT2D eigenvalue weighted by atomic mass is 35.5. The molecule has 57 heavy (non-hydrogen) atoms. The second-order valence-electron chi connectivity index (χ2n) is 15.6. The maximum Gasteiger partial charge on any atom is 0.301 e. The molecule has 3 aromatic heterocycles. The number of amides is 2. The van der Waals surface area contributed by atoms with Gasteiger partial charge in [-0.05, 0) is 61.8 Å². The second-order valence-corrected chi connectivity index (χ2v) is 16.0. The highest BCUT2D eigenvalue weighted by Crippen LogP contribution is 2.46. The largest absolute Gasteiger partial charge is 0.480 e. The van der Waals surface area contributed by atoms with Crippen molar-refractivity contribution in [2.75, 3.05) is 40.5 Å². The van der Waals surface area contributed by atoms with E-state index in [0.717, 1.165) is 23.0 Å². The quantitative estimate of drug-likeness (QED) is 0.147. The standard InChI is InChI=1S/C39H40ClF3N10O4/c1-18-16-53(11-10-26(18)45-20-6-7-21-29(12-20)52(3)50-31(21)22-8-9-30(54)47-36(22)55)38-44-15-24(40)35(49-38)46-27-13-23-28(14-25(27)41)51(2)37(56)33-32(23)48-34(19-4-5-19)39(42,43)17-57-33/h6-7,12-15,18-19,22,26,34,45,48H,4-5,8-11,16-17H2,1-3H3,(H,44,46,49)(H,47,54,55). The number of nitrogens with zero attached hydrogens (tertiary/aromatic N) is 6. The fourth-order valence-electron chi connectivity index (χ4n) is 8.38. The summed E-state index contributed by atoms with van der Waals surface area (Å²) in [5.74, 6) is -4.81. The first-order valence-corrected chi connectivity index (χ1v) is 19.4. The lowest BCUT2D eigenvalue weighted by atomic mass is 9.92. The molecule has 14 nitrogen and oxygen atoms in total. The predicted molar refractivity (Wildman–Crippen MR) is 209 cm³/mol. The van der Waals surface area contributed by atoms with Crippen molar-refractivity contribution < 1.29 is 27.5 Å². The smallest absolute Gasteiger partial charge is 0.301 e. The van der Waals surface area contributed by atoms with Crippen LogP contribution in [-0.2, 0) is 23.7 Å². The summed E-state index contributed by atoms with van der Waals surface area (Å²) >= 11 is 6.55. The molecule has 18 heteroatoms. The number of fused-ring (bicyclic) bond motifs is 4. The third-order valence-corrected chi connectivity index (χ3v) is 11.9. The minimum atomic E-state index is -3.22. The first kappa shape index (κ1) is 37.0. The van der Waals surface area contributed by atoms with Gasteiger partial charge < -0.3 is 30.2 Å². The van der Waals surface area contributed by atoms with Gasteiger partial charge in [-0.15, -0.1) is 0 Å². The fourth-order valence-corrected chi connectivity index (χ4v) is 8.52. The summed E-state index contributed by atoms with van der Waals surface area (Å²) in [6, 6.07) is 7.46. The molecule has 0 bridgehead atoms. The van der Waals surface area contributed by atoms with Crippen molar-refractivity contribution in [3.05, 3.63) is 63.4 Å². The van der Waals surface area contributed by atoms with E-state index in [1.807, 2.05) is 30.1 Å². The van der Waals surface area contributed by atoms with Crippen molar-refractivity contribution in [1.29, 1.82) is 0 Å². The molecule has 4 N–H and O–H groups in total. The van der Waals surface area contributed by atoms with Crippen LogP contribution in [0, 0.1) is 17.7 Å². The molecule has 298 valence electrons. The molecule has 0 radical (unpaired) electrons. The Hall–Kier alpha value is -5.58. The summed E-state index contributed by atoms with van der Waals surface area (Å²) in [6.07, 6.45) is 4.16. The number of hydrogen-bond donors (Lipinski definition) is 4. The average molecular weight is 805 g/mol. The van der Waals surface area contributed by atoms with E-state index in [1.165, 1.54) is 29.9 Å². The number of carbonyl (C=O) groups is 2. The van der Waals surface area contributed by atoms with Crippen LogP contribution in [0.5, 0.6) is 5.75 Å². The van der Waals surface area contributed by atoms with E-state index >= 15 is 13.2 Å². The zero-order chi connectivity index (χ0) is 39.9. The lowest BCUT2D eigenvalue weighted by molar-refractivity contribution is -0.134. The maximum atomic E-state index is 15.8. The lowest BCUT2D eigenvalue weighted by Gasteiger charge is -2.37. The number of pyridine rings is 1. The number of nitrogens with one attached hydrogen (secondary N) is 4.